The average Bonchev–Trinajstić information content (AvgIpc) is 3.29. The third-order valence-electron chi connectivity index (χ3n) is 10.7. The number of fused-ring (bicyclic) bond motifs is 1. The van der Waals surface area contributed by atoms with Crippen molar-refractivity contribution in [2.75, 3.05) is 0 Å². The molecule has 52 heavy (non-hydrogen) atoms. The molecule has 6 rings (SSSR count). The van der Waals surface area contributed by atoms with Gasteiger partial charge in [0.15, 0.2) is 23.9 Å². The topological polar surface area (TPSA) is 174 Å². The molecule has 0 unspecified atom stereocenters. The van der Waals surface area contributed by atoms with Crippen molar-refractivity contribution in [3.05, 3.63) is 102 Å². The standard InChI is InChI=1S/C39H41NO12/c1-22(41)47-29-31(50-34(44)25-16-11-8-12-17-25)37(5)28(49-33(43)24-14-9-7-10-15-24)20-27-30(48-23(2)42)39(37,52-36(27,3)4)38(6,46)32(29)51-35(45)26-18-13-19-40-21-26/h7-19,21,27-32,46H,20H2,1-6H3/t27-,28-,29+,30+,31-,32-,37+,38-,39-/m0/s1. The second-order valence-electron chi connectivity index (χ2n) is 14.3. The summed E-state index contributed by atoms with van der Waals surface area (Å²) in [4.78, 5) is 71.4. The van der Waals surface area contributed by atoms with Crippen molar-refractivity contribution in [2.45, 2.75) is 95.3 Å². The maximum Gasteiger partial charge on any atom is 0.340 e. The number of carbonyl (C=O) groups excluding carboxylic acids is 5. The maximum absolute atomic E-state index is 14.0. The van der Waals surface area contributed by atoms with Crippen LogP contribution >= 0.6 is 0 Å². The molecule has 9 atom stereocenters. The Bertz CT molecular complexity index is 1850. The van der Waals surface area contributed by atoms with Crippen molar-refractivity contribution < 1.29 is 57.5 Å². The summed E-state index contributed by atoms with van der Waals surface area (Å²) in [6.45, 7) is 8.67. The van der Waals surface area contributed by atoms with E-state index >= 15 is 0 Å². The van der Waals surface area contributed by atoms with E-state index in [0.717, 1.165) is 6.92 Å². The van der Waals surface area contributed by atoms with Crippen LogP contribution in [0.3, 0.4) is 0 Å². The van der Waals surface area contributed by atoms with E-state index in [1.165, 1.54) is 50.5 Å². The molecular formula is C39H41NO12. The largest absolute Gasteiger partial charge is 0.459 e. The summed E-state index contributed by atoms with van der Waals surface area (Å²) in [5.74, 6) is -4.84. The van der Waals surface area contributed by atoms with E-state index in [1.54, 1.807) is 69.3 Å². The van der Waals surface area contributed by atoms with Gasteiger partial charge in [0.05, 0.1) is 27.7 Å². The van der Waals surface area contributed by atoms with Crippen LogP contribution in [0.25, 0.3) is 0 Å². The van der Waals surface area contributed by atoms with Crippen LogP contribution in [0.4, 0.5) is 0 Å². The molecule has 1 N–H and O–H groups in total. The van der Waals surface area contributed by atoms with Gasteiger partial charge in [0.2, 0.25) is 0 Å². The average molecular weight is 716 g/mol. The number of benzene rings is 2. The van der Waals surface area contributed by atoms with Crippen LogP contribution in [0.5, 0.6) is 0 Å². The normalized spacial score (nSPS) is 32.8. The van der Waals surface area contributed by atoms with Gasteiger partial charge in [-0.2, -0.15) is 0 Å². The van der Waals surface area contributed by atoms with Crippen LogP contribution in [0.2, 0.25) is 0 Å². The smallest absolute Gasteiger partial charge is 0.340 e. The van der Waals surface area contributed by atoms with Crippen molar-refractivity contribution in [2.24, 2.45) is 11.3 Å². The Kier molecular flexibility index (Phi) is 9.47. The molecule has 2 heterocycles. The highest BCUT2D eigenvalue weighted by atomic mass is 16.7. The lowest BCUT2D eigenvalue weighted by atomic mass is 9.46. The van der Waals surface area contributed by atoms with Crippen LogP contribution in [0.1, 0.15) is 79.0 Å². The van der Waals surface area contributed by atoms with Crippen LogP contribution in [-0.4, -0.2) is 87.3 Å². The Morgan fingerprint density at radius 2 is 1.19 bits per heavy atom. The van der Waals surface area contributed by atoms with Gasteiger partial charge in [0, 0.05) is 32.2 Å². The SMILES string of the molecule is CC(=O)O[C@@H]1[C@H](OC(=O)c2ccccc2)[C@@]2(C)[C@@H](OC(=O)c3ccccc3)C[C@H]3[C@@H](OC(C)=O)[C@@]2(OC3(C)C)[C@@](C)(O)[C@H]1OC(=O)c1cccnc1. The highest BCUT2D eigenvalue weighted by Crippen LogP contribution is 2.69. The highest BCUT2D eigenvalue weighted by Gasteiger charge is 2.87. The molecule has 13 nitrogen and oxygen atoms in total. The Balaban J connectivity index is 1.61. The van der Waals surface area contributed by atoms with Gasteiger partial charge >= 0.3 is 29.8 Å². The van der Waals surface area contributed by atoms with Gasteiger partial charge in [-0.3, -0.25) is 14.6 Å². The number of aliphatic hydroxyl groups is 1. The summed E-state index contributed by atoms with van der Waals surface area (Å²) in [5.41, 5.74) is -7.25. The predicted octanol–water partition coefficient (Wildman–Crippen LogP) is 4.26. The monoisotopic (exact) mass is 715 g/mol. The van der Waals surface area contributed by atoms with E-state index < -0.39 is 88.5 Å². The molecule has 1 saturated heterocycles. The number of carbonyl (C=O) groups is 5. The number of ether oxygens (including phenoxy) is 6. The molecule has 274 valence electrons. The molecule has 3 aromatic rings. The van der Waals surface area contributed by atoms with E-state index in [2.05, 4.69) is 4.98 Å². The first-order valence-corrected chi connectivity index (χ1v) is 16.9. The van der Waals surface area contributed by atoms with Gasteiger partial charge in [0.25, 0.3) is 0 Å². The summed E-state index contributed by atoms with van der Waals surface area (Å²) < 4.78 is 37.5. The summed E-state index contributed by atoms with van der Waals surface area (Å²) in [6, 6.07) is 19.2. The molecule has 3 fully saturated rings. The van der Waals surface area contributed by atoms with Gasteiger partial charge in [-0.25, -0.2) is 14.4 Å². The zero-order chi connectivity index (χ0) is 37.6. The van der Waals surface area contributed by atoms with E-state index in [1.807, 2.05) is 0 Å². The molecule has 1 aromatic heterocycles. The Hall–Kier alpha value is -5.14. The third kappa shape index (κ3) is 5.91. The van der Waals surface area contributed by atoms with Crippen LogP contribution < -0.4 is 0 Å². The Labute approximate surface area is 300 Å². The zero-order valence-corrected chi connectivity index (χ0v) is 29.6. The van der Waals surface area contributed by atoms with E-state index in [-0.39, 0.29) is 23.1 Å². The minimum atomic E-state index is -2.40. The van der Waals surface area contributed by atoms with Gasteiger partial charge in [-0.15, -0.1) is 0 Å². The molecule has 1 aliphatic heterocycles. The van der Waals surface area contributed by atoms with Crippen molar-refractivity contribution in [1.29, 1.82) is 0 Å². The summed E-state index contributed by atoms with van der Waals surface area (Å²) >= 11 is 0. The van der Waals surface area contributed by atoms with E-state index in [9.17, 15) is 29.1 Å². The molecule has 2 aliphatic carbocycles. The fourth-order valence-corrected chi connectivity index (χ4v) is 8.49. The Morgan fingerprint density at radius 3 is 1.73 bits per heavy atom. The highest BCUT2D eigenvalue weighted by molar-refractivity contribution is 5.91. The second kappa shape index (κ2) is 13.4. The van der Waals surface area contributed by atoms with Crippen molar-refractivity contribution in [3.63, 3.8) is 0 Å². The number of aromatic nitrogens is 1. The lowest BCUT2D eigenvalue weighted by Gasteiger charge is -2.66. The van der Waals surface area contributed by atoms with E-state index in [4.69, 9.17) is 28.4 Å². The molecule has 2 bridgehead atoms. The molecule has 3 aliphatic rings. The number of hydrogen-bond acceptors (Lipinski definition) is 13. The zero-order valence-electron chi connectivity index (χ0n) is 29.6. The molecule has 13 heteroatoms. The first-order chi connectivity index (χ1) is 24.5. The summed E-state index contributed by atoms with van der Waals surface area (Å²) in [7, 11) is 0. The Morgan fingerprint density at radius 1 is 0.673 bits per heavy atom. The molecule has 1 spiro atoms. The molecule has 0 radical (unpaired) electrons. The predicted molar refractivity (Wildman–Crippen MR) is 181 cm³/mol. The van der Waals surface area contributed by atoms with Crippen molar-refractivity contribution in [1.82, 2.24) is 4.98 Å². The van der Waals surface area contributed by atoms with Crippen molar-refractivity contribution >= 4 is 29.8 Å². The van der Waals surface area contributed by atoms with Gasteiger partial charge in [-0.05, 0) is 70.5 Å². The molecule has 2 saturated carbocycles. The maximum atomic E-state index is 14.0. The third-order valence-corrected chi connectivity index (χ3v) is 10.7. The van der Waals surface area contributed by atoms with Gasteiger partial charge in [-0.1, -0.05) is 36.4 Å². The fraction of sp³-hybridized carbons (Fsp3) is 0.436. The van der Waals surface area contributed by atoms with Crippen LogP contribution in [-0.2, 0) is 38.0 Å². The second-order valence-corrected chi connectivity index (χ2v) is 14.3. The van der Waals surface area contributed by atoms with Gasteiger partial charge in [0.1, 0.15) is 17.8 Å². The van der Waals surface area contributed by atoms with E-state index in [0.29, 0.717) is 0 Å². The fourth-order valence-electron chi connectivity index (χ4n) is 8.49. The van der Waals surface area contributed by atoms with Crippen molar-refractivity contribution in [3.8, 4) is 0 Å². The molecular weight excluding hydrogens is 674 g/mol. The number of pyridine rings is 1. The molecule has 0 amide bonds. The number of esters is 5. The quantitative estimate of drug-likeness (QED) is 0.259. The number of rotatable bonds is 8. The lowest BCUT2D eigenvalue weighted by molar-refractivity contribution is -0.366. The summed E-state index contributed by atoms with van der Waals surface area (Å²) in [5, 5.41) is 13.1. The van der Waals surface area contributed by atoms with Gasteiger partial charge < -0.3 is 33.5 Å². The number of hydrogen-bond donors (Lipinski definition) is 1. The van der Waals surface area contributed by atoms with Crippen LogP contribution in [0, 0.1) is 11.3 Å². The first-order valence-electron chi connectivity index (χ1n) is 16.9. The minimum Gasteiger partial charge on any atom is -0.459 e. The lowest BCUT2D eigenvalue weighted by Crippen LogP contribution is -2.86. The minimum absolute atomic E-state index is 0.00364. The molecule has 2 aromatic carbocycles. The summed E-state index contributed by atoms with van der Waals surface area (Å²) in [6.07, 6.45) is -4.98. The number of nitrogens with zero attached hydrogens (tertiary/aromatic N) is 1. The first kappa shape index (κ1) is 36.6. The van der Waals surface area contributed by atoms with Crippen LogP contribution in [0.15, 0.2) is 85.2 Å².